The molecule has 18 heavy (non-hydrogen) atoms. The molecule has 0 aromatic heterocycles. The van der Waals surface area contributed by atoms with E-state index in [2.05, 4.69) is 11.0 Å². The van der Waals surface area contributed by atoms with Gasteiger partial charge in [-0.15, -0.1) is 0 Å². The molecule has 1 aromatic carbocycles. The highest BCUT2D eigenvalue weighted by Crippen LogP contribution is 2.23. The monoisotopic (exact) mass is 247 g/mol. The van der Waals surface area contributed by atoms with Crippen LogP contribution in [0.4, 0.5) is 5.69 Å². The highest BCUT2D eigenvalue weighted by molar-refractivity contribution is 5.60. The van der Waals surface area contributed by atoms with Gasteiger partial charge in [-0.3, -0.25) is 4.90 Å². The predicted molar refractivity (Wildman–Crippen MR) is 68.3 cm³/mol. The molecule has 0 atom stereocenters. The van der Waals surface area contributed by atoms with Gasteiger partial charge in [0.25, 0.3) is 0 Å². The summed E-state index contributed by atoms with van der Waals surface area (Å²) in [5, 5.41) is 9.01. The lowest BCUT2D eigenvalue weighted by Gasteiger charge is -2.26. The number of morpholine rings is 1. The number of nitrogen functional groups attached to an aromatic ring is 1. The molecule has 0 spiro atoms. The maximum Gasteiger partial charge on any atom is 0.139 e. The van der Waals surface area contributed by atoms with Crippen molar-refractivity contribution < 1.29 is 9.47 Å². The zero-order chi connectivity index (χ0) is 12.8. The minimum absolute atomic E-state index is 0.416. The minimum atomic E-state index is 0.416. The van der Waals surface area contributed by atoms with Gasteiger partial charge in [-0.25, -0.2) is 0 Å². The second-order valence-electron chi connectivity index (χ2n) is 4.13. The molecule has 2 rings (SSSR count). The highest BCUT2D eigenvalue weighted by Gasteiger charge is 2.11. The summed E-state index contributed by atoms with van der Waals surface area (Å²) in [7, 11) is 0. The van der Waals surface area contributed by atoms with Crippen LogP contribution in [0.3, 0.4) is 0 Å². The standard InChI is InChI=1S/C13H17N3O2/c14-10-11-12(15)2-1-3-13(11)18-9-6-16-4-7-17-8-5-16/h1-3H,4-9,15H2. The van der Waals surface area contributed by atoms with Crippen molar-refractivity contribution in [2.75, 3.05) is 45.2 Å². The summed E-state index contributed by atoms with van der Waals surface area (Å²) in [6.45, 7) is 4.82. The van der Waals surface area contributed by atoms with E-state index in [4.69, 9.17) is 20.5 Å². The molecule has 0 amide bonds. The number of hydrogen-bond donors (Lipinski definition) is 1. The second-order valence-corrected chi connectivity index (χ2v) is 4.13. The third-order valence-corrected chi connectivity index (χ3v) is 2.94. The summed E-state index contributed by atoms with van der Waals surface area (Å²) < 4.78 is 10.9. The molecule has 5 nitrogen and oxygen atoms in total. The fraction of sp³-hybridized carbons (Fsp3) is 0.462. The molecule has 5 heteroatoms. The molecule has 0 radical (unpaired) electrons. The van der Waals surface area contributed by atoms with E-state index in [0.29, 0.717) is 23.6 Å². The molecule has 0 aliphatic carbocycles. The molecule has 96 valence electrons. The maximum atomic E-state index is 9.01. The van der Waals surface area contributed by atoms with Gasteiger partial charge in [0.2, 0.25) is 0 Å². The van der Waals surface area contributed by atoms with Gasteiger partial charge in [-0.05, 0) is 12.1 Å². The van der Waals surface area contributed by atoms with E-state index in [0.717, 1.165) is 32.8 Å². The van der Waals surface area contributed by atoms with Gasteiger partial charge in [-0.1, -0.05) is 6.07 Å². The number of benzene rings is 1. The molecule has 0 unspecified atom stereocenters. The lowest BCUT2D eigenvalue weighted by Crippen LogP contribution is -2.38. The number of hydrogen-bond acceptors (Lipinski definition) is 5. The van der Waals surface area contributed by atoms with Crippen LogP contribution in [0.15, 0.2) is 18.2 Å². The van der Waals surface area contributed by atoms with E-state index in [1.54, 1.807) is 18.2 Å². The molecule has 1 fully saturated rings. The van der Waals surface area contributed by atoms with Crippen LogP contribution in [-0.2, 0) is 4.74 Å². The molecular weight excluding hydrogens is 230 g/mol. The summed E-state index contributed by atoms with van der Waals surface area (Å²) in [4.78, 5) is 2.28. The molecular formula is C13H17N3O2. The normalized spacial score (nSPS) is 16.2. The third kappa shape index (κ3) is 3.13. The van der Waals surface area contributed by atoms with Crippen LogP contribution >= 0.6 is 0 Å². The lowest BCUT2D eigenvalue weighted by molar-refractivity contribution is 0.0322. The molecule has 1 aromatic rings. The highest BCUT2D eigenvalue weighted by atomic mass is 16.5. The van der Waals surface area contributed by atoms with Gasteiger partial charge >= 0.3 is 0 Å². The van der Waals surface area contributed by atoms with Crippen molar-refractivity contribution in [2.24, 2.45) is 0 Å². The van der Waals surface area contributed by atoms with Gasteiger partial charge in [0, 0.05) is 19.6 Å². The third-order valence-electron chi connectivity index (χ3n) is 2.94. The van der Waals surface area contributed by atoms with Crippen LogP contribution in [0, 0.1) is 11.3 Å². The van der Waals surface area contributed by atoms with Crippen LogP contribution in [0.2, 0.25) is 0 Å². The Morgan fingerprint density at radius 3 is 2.89 bits per heavy atom. The van der Waals surface area contributed by atoms with E-state index >= 15 is 0 Å². The number of nitrogens with zero attached hydrogens (tertiary/aromatic N) is 2. The van der Waals surface area contributed by atoms with E-state index in [9.17, 15) is 0 Å². The van der Waals surface area contributed by atoms with Crippen molar-refractivity contribution >= 4 is 5.69 Å². The molecule has 1 saturated heterocycles. The number of nitrogens with two attached hydrogens (primary N) is 1. The summed E-state index contributed by atoms with van der Waals surface area (Å²) in [5.41, 5.74) is 6.59. The largest absolute Gasteiger partial charge is 0.491 e. The molecule has 2 N–H and O–H groups in total. The first kappa shape index (κ1) is 12.7. The zero-order valence-corrected chi connectivity index (χ0v) is 10.3. The van der Waals surface area contributed by atoms with Crippen LogP contribution in [-0.4, -0.2) is 44.4 Å². The van der Waals surface area contributed by atoms with E-state index < -0.39 is 0 Å². The van der Waals surface area contributed by atoms with Crippen molar-refractivity contribution in [3.05, 3.63) is 23.8 Å². The van der Waals surface area contributed by atoms with Crippen molar-refractivity contribution in [1.82, 2.24) is 4.90 Å². The topological polar surface area (TPSA) is 71.5 Å². The Morgan fingerprint density at radius 2 is 2.17 bits per heavy atom. The van der Waals surface area contributed by atoms with Crippen molar-refractivity contribution in [1.29, 1.82) is 5.26 Å². The first-order valence-corrected chi connectivity index (χ1v) is 6.03. The first-order valence-electron chi connectivity index (χ1n) is 6.03. The Hall–Kier alpha value is -1.77. The summed E-state index contributed by atoms with van der Waals surface area (Å²) in [6, 6.07) is 7.33. The van der Waals surface area contributed by atoms with E-state index in [1.807, 2.05) is 0 Å². The zero-order valence-electron chi connectivity index (χ0n) is 10.3. The Labute approximate surface area is 107 Å². The van der Waals surface area contributed by atoms with E-state index in [-0.39, 0.29) is 0 Å². The van der Waals surface area contributed by atoms with E-state index in [1.165, 1.54) is 0 Å². The average molecular weight is 247 g/mol. The number of rotatable bonds is 4. The van der Waals surface area contributed by atoms with Gasteiger partial charge in [-0.2, -0.15) is 5.26 Å². The lowest BCUT2D eigenvalue weighted by atomic mass is 10.2. The fourth-order valence-corrected chi connectivity index (χ4v) is 1.90. The van der Waals surface area contributed by atoms with Crippen molar-refractivity contribution in [2.45, 2.75) is 0 Å². The number of anilines is 1. The van der Waals surface area contributed by atoms with Gasteiger partial charge in [0.15, 0.2) is 0 Å². The summed E-state index contributed by atoms with van der Waals surface area (Å²) >= 11 is 0. The molecule has 0 saturated carbocycles. The smallest absolute Gasteiger partial charge is 0.139 e. The van der Waals surface area contributed by atoms with Crippen molar-refractivity contribution in [3.63, 3.8) is 0 Å². The number of nitriles is 1. The molecule has 1 aliphatic rings. The minimum Gasteiger partial charge on any atom is -0.491 e. The van der Waals surface area contributed by atoms with Crippen LogP contribution in [0.25, 0.3) is 0 Å². The molecule has 1 heterocycles. The van der Waals surface area contributed by atoms with Crippen LogP contribution in [0.5, 0.6) is 5.75 Å². The Bertz CT molecular complexity index is 436. The van der Waals surface area contributed by atoms with Gasteiger partial charge in [0.05, 0.1) is 18.9 Å². The quantitative estimate of drug-likeness (QED) is 0.799. The Balaban J connectivity index is 1.86. The van der Waals surface area contributed by atoms with Gasteiger partial charge in [0.1, 0.15) is 24.0 Å². The van der Waals surface area contributed by atoms with Crippen LogP contribution in [0.1, 0.15) is 5.56 Å². The average Bonchev–Trinajstić information content (AvgIpc) is 2.40. The first-order chi connectivity index (χ1) is 8.81. The van der Waals surface area contributed by atoms with Crippen molar-refractivity contribution in [3.8, 4) is 11.8 Å². The Kier molecular flexibility index (Phi) is 4.40. The predicted octanol–water partition coefficient (Wildman–Crippen LogP) is 0.851. The second kappa shape index (κ2) is 6.24. The molecule has 1 aliphatic heterocycles. The Morgan fingerprint density at radius 1 is 1.39 bits per heavy atom. The number of ether oxygens (including phenoxy) is 2. The fourth-order valence-electron chi connectivity index (χ4n) is 1.90. The summed E-state index contributed by atoms with van der Waals surface area (Å²) in [5.74, 6) is 0.561. The maximum absolute atomic E-state index is 9.01. The summed E-state index contributed by atoms with van der Waals surface area (Å²) in [6.07, 6.45) is 0. The molecule has 0 bridgehead atoms. The SMILES string of the molecule is N#Cc1c(N)cccc1OCCN1CCOCC1. The van der Waals surface area contributed by atoms with Crippen LogP contribution < -0.4 is 10.5 Å². The van der Waals surface area contributed by atoms with Gasteiger partial charge < -0.3 is 15.2 Å².